The van der Waals surface area contributed by atoms with Crippen molar-refractivity contribution in [1.29, 1.82) is 0 Å². The quantitative estimate of drug-likeness (QED) is 0.510. The van der Waals surface area contributed by atoms with Crippen molar-refractivity contribution in [2.45, 2.75) is 25.2 Å². The highest BCUT2D eigenvalue weighted by Gasteiger charge is 2.17. The minimum absolute atomic E-state index is 0.247. The molecule has 0 aliphatic carbocycles. The number of fused-ring (bicyclic) bond motifs is 1. The summed E-state index contributed by atoms with van der Waals surface area (Å²) in [5.74, 6) is 1.03. The third-order valence-electron chi connectivity index (χ3n) is 1.45. The first-order valence-electron chi connectivity index (χ1n) is 4.12. The molecule has 0 spiro atoms. The Bertz CT molecular complexity index is 304. The van der Waals surface area contributed by atoms with Crippen LogP contribution in [0.5, 0.6) is 0 Å². The molecule has 1 aromatic rings. The minimum Gasteiger partial charge on any atom is -0.222 e. The van der Waals surface area contributed by atoms with E-state index in [4.69, 9.17) is 23.2 Å². The Morgan fingerprint density at radius 3 is 2.62 bits per heavy atom. The van der Waals surface area contributed by atoms with Crippen LogP contribution < -0.4 is 0 Å². The summed E-state index contributed by atoms with van der Waals surface area (Å²) < 4.78 is 0. The van der Waals surface area contributed by atoms with Gasteiger partial charge >= 0.3 is 0 Å². The highest BCUT2D eigenvalue weighted by Crippen LogP contribution is 2.35. The first-order chi connectivity index (χ1) is 6.27. The van der Waals surface area contributed by atoms with Gasteiger partial charge in [-0.05, 0) is 11.6 Å². The Morgan fingerprint density at radius 2 is 1.92 bits per heavy atom. The van der Waals surface area contributed by atoms with Crippen molar-refractivity contribution in [2.24, 2.45) is 0 Å². The zero-order valence-corrected chi connectivity index (χ0v) is 9.80. The second-order valence-electron chi connectivity index (χ2n) is 2.16. The van der Waals surface area contributed by atoms with Gasteiger partial charge in [0.05, 0.1) is 10.6 Å². The Hall–Kier alpha value is 0.01000. The van der Waals surface area contributed by atoms with E-state index in [-0.39, 0.29) is 5.28 Å². The average Bonchev–Trinajstić information content (AvgIpc) is 2.55. The summed E-state index contributed by atoms with van der Waals surface area (Å²) in [6.07, 6.45) is 0.946. The predicted octanol–water partition coefficient (Wildman–Crippen LogP) is 3.46. The van der Waals surface area contributed by atoms with Gasteiger partial charge in [0.25, 0.3) is 0 Å². The first kappa shape index (κ1) is 11.1. The lowest BCUT2D eigenvalue weighted by Gasteiger charge is -1.98. The van der Waals surface area contributed by atoms with Crippen LogP contribution >= 0.6 is 35.0 Å². The normalized spacial score (nSPS) is 13.2. The number of halogens is 2. The minimum atomic E-state index is 0.247. The van der Waals surface area contributed by atoms with E-state index in [0.717, 1.165) is 22.8 Å². The molecule has 0 saturated heterocycles. The fraction of sp³-hybridized carbons (Fsp3) is 0.500. The molecule has 13 heavy (non-hydrogen) atoms. The number of thioether (sulfide) groups is 1. The van der Waals surface area contributed by atoms with Crippen molar-refractivity contribution in [3.05, 3.63) is 16.1 Å². The van der Waals surface area contributed by atoms with E-state index < -0.39 is 0 Å². The molecule has 1 aliphatic heterocycles. The van der Waals surface area contributed by atoms with Crippen LogP contribution in [-0.2, 0) is 6.42 Å². The van der Waals surface area contributed by atoms with Crippen molar-refractivity contribution < 1.29 is 0 Å². The van der Waals surface area contributed by atoms with Gasteiger partial charge in [-0.15, -0.1) is 11.8 Å². The third kappa shape index (κ3) is 2.48. The Morgan fingerprint density at radius 1 is 1.23 bits per heavy atom. The van der Waals surface area contributed by atoms with E-state index in [1.165, 1.54) is 0 Å². The second-order valence-corrected chi connectivity index (χ2v) is 3.96. The molecule has 0 unspecified atom stereocenters. The van der Waals surface area contributed by atoms with Crippen LogP contribution in [0.2, 0.25) is 10.4 Å². The molecule has 0 N–H and O–H groups in total. The molecule has 2 nitrogen and oxygen atoms in total. The third-order valence-corrected chi connectivity index (χ3v) is 3.13. The van der Waals surface area contributed by atoms with Crippen LogP contribution in [0.1, 0.15) is 19.5 Å². The lowest BCUT2D eigenvalue weighted by Crippen LogP contribution is -1.91. The maximum absolute atomic E-state index is 5.82. The van der Waals surface area contributed by atoms with E-state index in [0.29, 0.717) is 5.15 Å². The van der Waals surface area contributed by atoms with Crippen molar-refractivity contribution in [2.75, 3.05) is 5.75 Å². The summed E-state index contributed by atoms with van der Waals surface area (Å²) >= 11 is 13.1. The molecule has 0 amide bonds. The van der Waals surface area contributed by atoms with Gasteiger partial charge in [0.15, 0.2) is 0 Å². The molecule has 72 valence electrons. The first-order valence-corrected chi connectivity index (χ1v) is 5.86. The van der Waals surface area contributed by atoms with Gasteiger partial charge in [0, 0.05) is 12.2 Å². The zero-order valence-electron chi connectivity index (χ0n) is 7.47. The summed E-state index contributed by atoms with van der Waals surface area (Å²) in [5.41, 5.74) is 0.986. The van der Waals surface area contributed by atoms with Crippen molar-refractivity contribution >= 4 is 35.0 Å². The standard InChI is InChI=1S/C6H4Cl2N2S.C2H6/c7-5-4-3(1-2-11-4)9-6(8)10-5;1-2/h1-2H2;1-2H3. The molecule has 0 bridgehead atoms. The lowest BCUT2D eigenvalue weighted by molar-refractivity contribution is 0.976. The summed E-state index contributed by atoms with van der Waals surface area (Å²) in [5, 5.41) is 0.735. The molecule has 5 heteroatoms. The van der Waals surface area contributed by atoms with Gasteiger partial charge in [-0.2, -0.15) is 0 Å². The number of rotatable bonds is 0. The maximum Gasteiger partial charge on any atom is 0.224 e. The Balaban J connectivity index is 0.000000396. The van der Waals surface area contributed by atoms with Gasteiger partial charge < -0.3 is 0 Å². The fourth-order valence-electron chi connectivity index (χ4n) is 1.00. The zero-order chi connectivity index (χ0) is 9.84. The average molecular weight is 237 g/mol. The molecule has 1 aromatic heterocycles. The molecular formula is C8H10Cl2N2S. The smallest absolute Gasteiger partial charge is 0.222 e. The van der Waals surface area contributed by atoms with E-state index in [2.05, 4.69) is 9.97 Å². The van der Waals surface area contributed by atoms with Crippen LogP contribution in [-0.4, -0.2) is 15.7 Å². The van der Waals surface area contributed by atoms with Gasteiger partial charge in [0.2, 0.25) is 5.28 Å². The Kier molecular flexibility index (Phi) is 4.29. The number of aromatic nitrogens is 2. The van der Waals surface area contributed by atoms with Gasteiger partial charge in [-0.1, -0.05) is 25.4 Å². The van der Waals surface area contributed by atoms with Gasteiger partial charge in [-0.25, -0.2) is 9.97 Å². The second kappa shape index (κ2) is 5.03. The number of hydrogen-bond acceptors (Lipinski definition) is 3. The van der Waals surface area contributed by atoms with Crippen LogP contribution in [0.3, 0.4) is 0 Å². The predicted molar refractivity (Wildman–Crippen MR) is 57.8 cm³/mol. The number of nitrogens with zero attached hydrogens (tertiary/aromatic N) is 2. The monoisotopic (exact) mass is 236 g/mol. The fourth-order valence-corrected chi connectivity index (χ4v) is 2.56. The van der Waals surface area contributed by atoms with Crippen molar-refractivity contribution in [3.8, 4) is 0 Å². The molecule has 0 atom stereocenters. The van der Waals surface area contributed by atoms with Crippen molar-refractivity contribution in [3.63, 3.8) is 0 Å². The molecular weight excluding hydrogens is 227 g/mol. The summed E-state index contributed by atoms with van der Waals surface area (Å²) in [7, 11) is 0. The molecule has 2 rings (SSSR count). The van der Waals surface area contributed by atoms with Crippen molar-refractivity contribution in [1.82, 2.24) is 9.97 Å². The van der Waals surface area contributed by atoms with Crippen LogP contribution in [0.15, 0.2) is 4.90 Å². The SMILES string of the molecule is CC.Clc1nc(Cl)c2c(n1)CCS2. The molecule has 0 fully saturated rings. The van der Waals surface area contributed by atoms with E-state index in [1.54, 1.807) is 11.8 Å². The van der Waals surface area contributed by atoms with E-state index >= 15 is 0 Å². The molecule has 0 aromatic carbocycles. The van der Waals surface area contributed by atoms with Gasteiger partial charge in [-0.3, -0.25) is 0 Å². The summed E-state index contributed by atoms with van der Waals surface area (Å²) in [6, 6.07) is 0. The molecule has 2 heterocycles. The Labute approximate surface area is 92.1 Å². The lowest BCUT2D eigenvalue weighted by atomic mass is 10.3. The highest BCUT2D eigenvalue weighted by molar-refractivity contribution is 7.99. The molecule has 0 radical (unpaired) electrons. The molecule has 1 aliphatic rings. The van der Waals surface area contributed by atoms with Crippen LogP contribution in [0.4, 0.5) is 0 Å². The van der Waals surface area contributed by atoms with Gasteiger partial charge in [0.1, 0.15) is 5.15 Å². The number of aryl methyl sites for hydroxylation is 1. The summed E-state index contributed by atoms with van der Waals surface area (Å²) in [6.45, 7) is 4.00. The number of hydrogen-bond donors (Lipinski definition) is 0. The maximum atomic E-state index is 5.82. The largest absolute Gasteiger partial charge is 0.224 e. The van der Waals surface area contributed by atoms with Crippen LogP contribution in [0.25, 0.3) is 0 Å². The highest BCUT2D eigenvalue weighted by atomic mass is 35.5. The summed E-state index contributed by atoms with van der Waals surface area (Å²) in [4.78, 5) is 8.90. The molecule has 0 saturated carbocycles. The van der Waals surface area contributed by atoms with Crippen LogP contribution in [0, 0.1) is 0 Å². The van der Waals surface area contributed by atoms with E-state index in [9.17, 15) is 0 Å². The topological polar surface area (TPSA) is 25.8 Å². The van der Waals surface area contributed by atoms with E-state index in [1.807, 2.05) is 13.8 Å².